The molecule has 0 aliphatic heterocycles. The van der Waals surface area contributed by atoms with Crippen LogP contribution in [0.3, 0.4) is 0 Å². The van der Waals surface area contributed by atoms with Crippen LogP contribution in [0, 0.1) is 0 Å². The van der Waals surface area contributed by atoms with Gasteiger partial charge in [-0.3, -0.25) is 0 Å². The number of esters is 1. The van der Waals surface area contributed by atoms with Gasteiger partial charge in [0.25, 0.3) is 0 Å². The van der Waals surface area contributed by atoms with Gasteiger partial charge in [-0.25, -0.2) is 4.79 Å². The summed E-state index contributed by atoms with van der Waals surface area (Å²) in [5, 5.41) is 0. The summed E-state index contributed by atoms with van der Waals surface area (Å²) in [4.78, 5) is 15.2. The zero-order valence-electron chi connectivity index (χ0n) is 11.6. The van der Waals surface area contributed by atoms with E-state index < -0.39 is 0 Å². The van der Waals surface area contributed by atoms with E-state index in [-0.39, 0.29) is 5.97 Å². The van der Waals surface area contributed by atoms with E-state index in [1.165, 1.54) is 0 Å². The van der Waals surface area contributed by atoms with Crippen molar-refractivity contribution >= 4 is 5.97 Å². The van der Waals surface area contributed by atoms with E-state index >= 15 is 0 Å². The van der Waals surface area contributed by atoms with Gasteiger partial charge in [0.15, 0.2) is 0 Å². The van der Waals surface area contributed by atoms with Gasteiger partial charge in [0.2, 0.25) is 0 Å². The van der Waals surface area contributed by atoms with Gasteiger partial charge >= 0.3 is 5.97 Å². The smallest absolute Gasteiger partial charge is 0.355 e. The molecule has 0 saturated heterocycles. The Morgan fingerprint density at radius 2 is 2.00 bits per heavy atom. The zero-order valence-corrected chi connectivity index (χ0v) is 11.6. The highest BCUT2D eigenvalue weighted by molar-refractivity contribution is 5.97. The normalized spacial score (nSPS) is 10.5. The number of carbonyl (C=O) groups is 1. The summed E-state index contributed by atoms with van der Waals surface area (Å²) in [5.74, 6) is 0.317. The number of carbonyl (C=O) groups excluding carboxylic acids is 1. The molecule has 4 nitrogen and oxygen atoms in total. The average Bonchev–Trinajstić information content (AvgIpc) is 3.17. The van der Waals surface area contributed by atoms with Gasteiger partial charge in [-0.2, -0.15) is 0 Å². The van der Waals surface area contributed by atoms with Crippen LogP contribution in [-0.4, -0.2) is 17.6 Å². The topological polar surface area (TPSA) is 55.2 Å². The maximum Gasteiger partial charge on any atom is 0.355 e. The second-order valence-corrected chi connectivity index (χ2v) is 4.54. The largest absolute Gasteiger partial charge is 0.463 e. The highest BCUT2D eigenvalue weighted by Crippen LogP contribution is 2.30. The lowest BCUT2D eigenvalue weighted by molar-refractivity contribution is 0.0521. The summed E-state index contributed by atoms with van der Waals surface area (Å²) >= 11 is 0. The number of aromatic amines is 1. The standard InChI is InChI=1S/C17H15NO3/c1-2-20-17(19)16-13(12-7-4-3-5-8-12)11-14(18-16)15-9-6-10-21-15/h3-11,18H,2H2,1H3. The first-order chi connectivity index (χ1) is 10.3. The van der Waals surface area contributed by atoms with Crippen molar-refractivity contribution in [1.82, 2.24) is 4.98 Å². The molecule has 1 aromatic carbocycles. The molecule has 0 radical (unpaired) electrons. The van der Waals surface area contributed by atoms with E-state index in [1.807, 2.05) is 48.5 Å². The van der Waals surface area contributed by atoms with Crippen molar-refractivity contribution in [3.05, 3.63) is 60.5 Å². The Balaban J connectivity index is 2.10. The minimum absolute atomic E-state index is 0.335. The van der Waals surface area contributed by atoms with E-state index in [1.54, 1.807) is 13.2 Å². The van der Waals surface area contributed by atoms with Gasteiger partial charge in [0.1, 0.15) is 11.5 Å². The lowest BCUT2D eigenvalue weighted by Gasteiger charge is -2.03. The van der Waals surface area contributed by atoms with Crippen LogP contribution in [0.1, 0.15) is 17.4 Å². The molecular formula is C17H15NO3. The summed E-state index contributed by atoms with van der Waals surface area (Å²) in [6.45, 7) is 2.12. The fraction of sp³-hybridized carbons (Fsp3) is 0.118. The number of hydrogen-bond donors (Lipinski definition) is 1. The molecule has 3 rings (SSSR count). The molecule has 0 spiro atoms. The maximum atomic E-state index is 12.1. The molecule has 0 saturated carbocycles. The van der Waals surface area contributed by atoms with Crippen LogP contribution in [0.4, 0.5) is 0 Å². The molecule has 0 fully saturated rings. The Bertz CT molecular complexity index is 727. The fourth-order valence-electron chi connectivity index (χ4n) is 2.23. The first-order valence-corrected chi connectivity index (χ1v) is 6.79. The third kappa shape index (κ3) is 2.60. The first-order valence-electron chi connectivity index (χ1n) is 6.79. The summed E-state index contributed by atoms with van der Waals surface area (Å²) in [6.07, 6.45) is 1.60. The molecule has 0 unspecified atom stereocenters. The number of H-pyrrole nitrogens is 1. The lowest BCUT2D eigenvalue weighted by Crippen LogP contribution is -2.06. The Morgan fingerprint density at radius 3 is 2.67 bits per heavy atom. The van der Waals surface area contributed by atoms with Gasteiger partial charge < -0.3 is 14.1 Å². The fourth-order valence-corrected chi connectivity index (χ4v) is 2.23. The molecular weight excluding hydrogens is 266 g/mol. The minimum atomic E-state index is -0.367. The van der Waals surface area contributed by atoms with Crippen LogP contribution in [0.2, 0.25) is 0 Å². The SMILES string of the molecule is CCOC(=O)c1[nH]c(-c2ccco2)cc1-c1ccccc1. The molecule has 0 aliphatic carbocycles. The van der Waals surface area contributed by atoms with Crippen molar-refractivity contribution in [1.29, 1.82) is 0 Å². The van der Waals surface area contributed by atoms with Crippen LogP contribution >= 0.6 is 0 Å². The van der Waals surface area contributed by atoms with Crippen molar-refractivity contribution in [2.45, 2.75) is 6.92 Å². The predicted octanol–water partition coefficient (Wildman–Crippen LogP) is 4.12. The molecule has 3 aromatic rings. The van der Waals surface area contributed by atoms with Crippen molar-refractivity contribution in [3.8, 4) is 22.6 Å². The first kappa shape index (κ1) is 13.2. The summed E-state index contributed by atoms with van der Waals surface area (Å²) < 4.78 is 10.5. The van der Waals surface area contributed by atoms with Crippen LogP contribution in [0.25, 0.3) is 22.6 Å². The number of furan rings is 1. The molecule has 21 heavy (non-hydrogen) atoms. The van der Waals surface area contributed by atoms with Crippen LogP contribution < -0.4 is 0 Å². The molecule has 1 N–H and O–H groups in total. The highest BCUT2D eigenvalue weighted by atomic mass is 16.5. The van der Waals surface area contributed by atoms with Gasteiger partial charge in [-0.1, -0.05) is 30.3 Å². The predicted molar refractivity (Wildman–Crippen MR) is 79.9 cm³/mol. The molecule has 0 bridgehead atoms. The van der Waals surface area contributed by atoms with Gasteiger partial charge in [-0.05, 0) is 30.7 Å². The van der Waals surface area contributed by atoms with E-state index in [0.29, 0.717) is 18.1 Å². The number of rotatable bonds is 4. The Labute approximate surface area is 122 Å². The molecule has 4 heteroatoms. The quantitative estimate of drug-likeness (QED) is 0.732. The monoisotopic (exact) mass is 281 g/mol. The van der Waals surface area contributed by atoms with Crippen molar-refractivity contribution < 1.29 is 13.9 Å². The molecule has 0 atom stereocenters. The average molecular weight is 281 g/mol. The van der Waals surface area contributed by atoms with Gasteiger partial charge in [0.05, 0.1) is 18.6 Å². The highest BCUT2D eigenvalue weighted by Gasteiger charge is 2.19. The second kappa shape index (κ2) is 5.71. The van der Waals surface area contributed by atoms with E-state index in [0.717, 1.165) is 16.8 Å². The number of ether oxygens (including phenoxy) is 1. The second-order valence-electron chi connectivity index (χ2n) is 4.54. The van der Waals surface area contributed by atoms with Gasteiger partial charge in [0, 0.05) is 5.56 Å². The summed E-state index contributed by atoms with van der Waals surface area (Å²) in [7, 11) is 0. The molecule has 0 amide bonds. The number of benzene rings is 1. The Hall–Kier alpha value is -2.75. The zero-order chi connectivity index (χ0) is 14.7. The number of nitrogens with one attached hydrogen (secondary N) is 1. The molecule has 106 valence electrons. The van der Waals surface area contributed by atoms with Crippen LogP contribution in [0.5, 0.6) is 0 Å². The van der Waals surface area contributed by atoms with Crippen LogP contribution in [0.15, 0.2) is 59.2 Å². The minimum Gasteiger partial charge on any atom is -0.463 e. The number of aromatic nitrogens is 1. The van der Waals surface area contributed by atoms with Crippen molar-refractivity contribution in [2.24, 2.45) is 0 Å². The third-order valence-corrected chi connectivity index (χ3v) is 3.17. The van der Waals surface area contributed by atoms with Crippen LogP contribution in [-0.2, 0) is 4.74 Å². The van der Waals surface area contributed by atoms with E-state index in [4.69, 9.17) is 9.15 Å². The van der Waals surface area contributed by atoms with E-state index in [2.05, 4.69) is 4.98 Å². The summed E-state index contributed by atoms with van der Waals surface area (Å²) in [6, 6.07) is 15.3. The lowest BCUT2D eigenvalue weighted by atomic mass is 10.1. The summed E-state index contributed by atoms with van der Waals surface area (Å²) in [5.41, 5.74) is 2.95. The third-order valence-electron chi connectivity index (χ3n) is 3.17. The van der Waals surface area contributed by atoms with Gasteiger partial charge in [-0.15, -0.1) is 0 Å². The molecule has 0 aliphatic rings. The van der Waals surface area contributed by atoms with Crippen molar-refractivity contribution in [2.75, 3.05) is 6.61 Å². The Morgan fingerprint density at radius 1 is 1.19 bits per heavy atom. The van der Waals surface area contributed by atoms with E-state index in [9.17, 15) is 4.79 Å². The van der Waals surface area contributed by atoms with Crippen molar-refractivity contribution in [3.63, 3.8) is 0 Å². The number of hydrogen-bond acceptors (Lipinski definition) is 3. The Kier molecular flexibility index (Phi) is 3.60. The molecule has 2 heterocycles. The molecule has 2 aromatic heterocycles. The maximum absolute atomic E-state index is 12.1.